The molecule has 8 nitrogen and oxygen atoms in total. The quantitative estimate of drug-likeness (QED) is 0.324. The Balaban J connectivity index is 2.44. The Morgan fingerprint density at radius 3 is 2.31 bits per heavy atom. The molecule has 0 aromatic heterocycles. The normalized spacial score (nSPS) is 12.0. The van der Waals surface area contributed by atoms with E-state index in [1.807, 2.05) is 45.0 Å². The van der Waals surface area contributed by atoms with Crippen LogP contribution in [-0.2, 0) is 26.2 Å². The Morgan fingerprint density at radius 2 is 1.72 bits per heavy atom. The topological polar surface area (TPSA) is 104 Å². The Hall–Kier alpha value is -3.20. The Morgan fingerprint density at radius 1 is 1.03 bits per heavy atom. The lowest BCUT2D eigenvalue weighted by Crippen LogP contribution is -2.52. The van der Waals surface area contributed by atoms with E-state index in [-0.39, 0.29) is 23.9 Å². The van der Waals surface area contributed by atoms with Gasteiger partial charge in [0.15, 0.2) is 5.78 Å². The van der Waals surface area contributed by atoms with Crippen LogP contribution in [0.4, 0.5) is 5.69 Å². The monoisotopic (exact) mass is 515 g/mol. The second-order valence-electron chi connectivity index (χ2n) is 8.96. The number of benzene rings is 2. The summed E-state index contributed by atoms with van der Waals surface area (Å²) in [5.41, 5.74) is 2.41. The smallest absolute Gasteiger partial charge is 0.244 e. The van der Waals surface area contributed by atoms with Gasteiger partial charge in [-0.15, -0.1) is 0 Å². The van der Waals surface area contributed by atoms with Gasteiger partial charge >= 0.3 is 0 Å². The molecular weight excluding hydrogens is 478 g/mol. The average molecular weight is 516 g/mol. The van der Waals surface area contributed by atoms with Gasteiger partial charge in [0.1, 0.15) is 12.6 Å². The minimum atomic E-state index is -3.86. The molecule has 2 rings (SSSR count). The lowest BCUT2D eigenvalue weighted by atomic mass is 10.1. The number of aryl methyl sites for hydroxylation is 1. The maximum Gasteiger partial charge on any atom is 0.244 e. The highest BCUT2D eigenvalue weighted by Gasteiger charge is 2.31. The largest absolute Gasteiger partial charge is 0.354 e. The van der Waals surface area contributed by atoms with Gasteiger partial charge < -0.3 is 10.2 Å². The lowest BCUT2D eigenvalue weighted by molar-refractivity contribution is -0.140. The first-order chi connectivity index (χ1) is 17.0. The van der Waals surface area contributed by atoms with Gasteiger partial charge in [-0.25, -0.2) is 8.42 Å². The summed E-state index contributed by atoms with van der Waals surface area (Å²) in [5.74, 6) is -0.989. The highest BCUT2D eigenvalue weighted by atomic mass is 32.2. The number of nitrogens with one attached hydrogen (secondary N) is 1. The number of unbranched alkanes of at least 4 members (excludes halogenated alkanes) is 1. The van der Waals surface area contributed by atoms with Crippen molar-refractivity contribution in [2.24, 2.45) is 0 Å². The Bertz CT molecular complexity index is 1180. The molecule has 0 radical (unpaired) electrons. The van der Waals surface area contributed by atoms with Crippen LogP contribution in [0.1, 0.15) is 61.5 Å². The van der Waals surface area contributed by atoms with Crippen molar-refractivity contribution in [2.75, 3.05) is 23.7 Å². The molecule has 36 heavy (non-hydrogen) atoms. The van der Waals surface area contributed by atoms with Crippen molar-refractivity contribution in [2.45, 2.75) is 59.5 Å². The zero-order valence-corrected chi connectivity index (χ0v) is 22.6. The van der Waals surface area contributed by atoms with E-state index in [0.717, 1.165) is 34.5 Å². The highest BCUT2D eigenvalue weighted by molar-refractivity contribution is 7.92. The first-order valence-electron chi connectivity index (χ1n) is 12.2. The average Bonchev–Trinajstić information content (AvgIpc) is 2.81. The predicted octanol–water partition coefficient (Wildman–Crippen LogP) is 3.69. The van der Waals surface area contributed by atoms with E-state index < -0.39 is 28.5 Å². The van der Waals surface area contributed by atoms with E-state index >= 15 is 0 Å². The first-order valence-corrected chi connectivity index (χ1v) is 14.0. The van der Waals surface area contributed by atoms with Crippen molar-refractivity contribution in [1.82, 2.24) is 10.2 Å². The molecule has 0 spiro atoms. The number of ketones is 1. The maximum atomic E-state index is 13.7. The number of rotatable bonds is 13. The summed E-state index contributed by atoms with van der Waals surface area (Å²) < 4.78 is 26.4. The lowest BCUT2D eigenvalue weighted by Gasteiger charge is -2.33. The molecule has 196 valence electrons. The molecule has 1 N–H and O–H groups in total. The molecule has 0 aliphatic rings. The number of hydrogen-bond acceptors (Lipinski definition) is 5. The van der Waals surface area contributed by atoms with E-state index in [1.54, 1.807) is 18.2 Å². The summed E-state index contributed by atoms with van der Waals surface area (Å²) in [4.78, 5) is 40.0. The minimum absolute atomic E-state index is 0.158. The van der Waals surface area contributed by atoms with Gasteiger partial charge in [0, 0.05) is 18.7 Å². The molecule has 9 heteroatoms. The fraction of sp³-hybridized carbons (Fsp3) is 0.444. The van der Waals surface area contributed by atoms with Crippen LogP contribution in [0, 0.1) is 6.92 Å². The van der Waals surface area contributed by atoms with Gasteiger partial charge in [-0.3, -0.25) is 18.7 Å². The molecule has 0 saturated carbocycles. The van der Waals surface area contributed by atoms with Crippen molar-refractivity contribution in [3.63, 3.8) is 0 Å². The molecule has 1 atom stereocenters. The van der Waals surface area contributed by atoms with Crippen molar-refractivity contribution < 1.29 is 22.8 Å². The number of anilines is 1. The highest BCUT2D eigenvalue weighted by Crippen LogP contribution is 2.21. The fourth-order valence-electron chi connectivity index (χ4n) is 3.93. The van der Waals surface area contributed by atoms with E-state index in [9.17, 15) is 22.8 Å². The SMILES string of the molecule is CCCCNC(=O)C(CC)N(Cc1cccc(C)c1)C(=O)CN(c1cccc(C(C)=O)c1)S(C)(=O)=O. The summed E-state index contributed by atoms with van der Waals surface area (Å²) in [7, 11) is -3.86. The number of hydrogen-bond donors (Lipinski definition) is 1. The van der Waals surface area contributed by atoms with E-state index in [1.165, 1.54) is 17.9 Å². The molecule has 0 bridgehead atoms. The van der Waals surface area contributed by atoms with Crippen molar-refractivity contribution in [3.05, 3.63) is 65.2 Å². The standard InChI is InChI=1S/C27H37N3O5S/c1-6-8-15-28-27(33)25(7-2)29(18-22-12-9-11-20(3)16-22)26(32)19-30(36(5,34)35)24-14-10-13-23(17-24)21(4)31/h9-14,16-17,25H,6-8,15,18-19H2,1-5H3,(H,28,33). The van der Waals surface area contributed by atoms with Crippen LogP contribution >= 0.6 is 0 Å². The van der Waals surface area contributed by atoms with Gasteiger partial charge in [0.2, 0.25) is 21.8 Å². The number of nitrogens with zero attached hydrogens (tertiary/aromatic N) is 2. The number of Topliss-reactive ketones (excluding diaryl/α,β-unsaturated/α-hetero) is 1. The third kappa shape index (κ3) is 8.19. The van der Waals surface area contributed by atoms with Crippen LogP contribution in [0.5, 0.6) is 0 Å². The molecule has 1 unspecified atom stereocenters. The van der Waals surface area contributed by atoms with Crippen molar-refractivity contribution in [1.29, 1.82) is 0 Å². The number of carbonyl (C=O) groups excluding carboxylic acids is 3. The van der Waals surface area contributed by atoms with Crippen molar-refractivity contribution >= 4 is 33.3 Å². The molecule has 2 aromatic carbocycles. The van der Waals surface area contributed by atoms with Gasteiger partial charge in [-0.2, -0.15) is 0 Å². The van der Waals surface area contributed by atoms with Crippen LogP contribution in [0.15, 0.2) is 48.5 Å². The van der Waals surface area contributed by atoms with Gasteiger partial charge in [-0.05, 0) is 44.4 Å². The first kappa shape index (κ1) is 29.0. The van der Waals surface area contributed by atoms with Crippen LogP contribution in [0.2, 0.25) is 0 Å². The molecule has 0 heterocycles. The molecule has 0 aliphatic carbocycles. The zero-order chi connectivity index (χ0) is 26.9. The summed E-state index contributed by atoms with van der Waals surface area (Å²) in [6.07, 6.45) is 3.13. The van der Waals surface area contributed by atoms with E-state index in [4.69, 9.17) is 0 Å². The third-order valence-corrected chi connectivity index (χ3v) is 7.01. The Labute approximate surface area is 214 Å². The second-order valence-corrected chi connectivity index (χ2v) is 10.9. The maximum absolute atomic E-state index is 13.7. The van der Waals surface area contributed by atoms with Crippen LogP contribution in [0.25, 0.3) is 0 Å². The van der Waals surface area contributed by atoms with E-state index in [2.05, 4.69) is 5.32 Å². The third-order valence-electron chi connectivity index (χ3n) is 5.87. The predicted molar refractivity (Wildman–Crippen MR) is 142 cm³/mol. The summed E-state index contributed by atoms with van der Waals surface area (Å²) in [6.45, 7) is 7.35. The van der Waals surface area contributed by atoms with Gasteiger partial charge in [0.25, 0.3) is 0 Å². The number of amides is 2. The van der Waals surface area contributed by atoms with Crippen LogP contribution in [0.3, 0.4) is 0 Å². The zero-order valence-electron chi connectivity index (χ0n) is 21.8. The summed E-state index contributed by atoms with van der Waals surface area (Å²) >= 11 is 0. The molecule has 0 fully saturated rings. The van der Waals surface area contributed by atoms with Crippen LogP contribution in [-0.4, -0.2) is 56.3 Å². The fourth-order valence-corrected chi connectivity index (χ4v) is 4.77. The number of sulfonamides is 1. The number of carbonyl (C=O) groups is 3. The van der Waals surface area contributed by atoms with Crippen molar-refractivity contribution in [3.8, 4) is 0 Å². The molecule has 0 saturated heterocycles. The molecule has 2 aromatic rings. The Kier molecular flexibility index (Phi) is 10.6. The second kappa shape index (κ2) is 13.2. The van der Waals surface area contributed by atoms with Gasteiger partial charge in [-0.1, -0.05) is 62.2 Å². The molecule has 2 amide bonds. The van der Waals surface area contributed by atoms with E-state index in [0.29, 0.717) is 18.5 Å². The molecular formula is C27H37N3O5S. The minimum Gasteiger partial charge on any atom is -0.354 e. The molecule has 0 aliphatic heterocycles. The summed E-state index contributed by atoms with van der Waals surface area (Å²) in [5, 5.41) is 2.90. The summed E-state index contributed by atoms with van der Waals surface area (Å²) in [6, 6.07) is 13.0. The van der Waals surface area contributed by atoms with Gasteiger partial charge in [0.05, 0.1) is 11.9 Å². The van der Waals surface area contributed by atoms with Crippen LogP contribution < -0.4 is 9.62 Å².